The molecule has 0 heterocycles. The molecule has 0 rings (SSSR count). The third kappa shape index (κ3) is 335. The van der Waals surface area contributed by atoms with Gasteiger partial charge in [0.2, 0.25) is 0 Å². The molecule has 0 aliphatic heterocycles. The van der Waals surface area contributed by atoms with Crippen LogP contribution in [0, 0.1) is 0 Å². The van der Waals surface area contributed by atoms with Gasteiger partial charge < -0.3 is 18.2 Å². The minimum Gasteiger partial charge on any atom is -0.780 e. The molecule has 0 bridgehead atoms. The molecule has 0 atom stereocenters. The van der Waals surface area contributed by atoms with Crippen molar-refractivity contribution in [3.8, 4) is 0 Å². The molecule has 64 valence electrons. The molecule has 0 fully saturated rings. The third-order valence-electron chi connectivity index (χ3n) is 0. The van der Waals surface area contributed by atoms with Gasteiger partial charge in [0.15, 0.2) is 0 Å². The van der Waals surface area contributed by atoms with Gasteiger partial charge in [0.05, 0.1) is 0 Å². The Kier molecular flexibility index (Phi) is 19.1. The second-order valence-electron chi connectivity index (χ2n) is 0.816. The molecule has 0 aliphatic carbocycles. The van der Waals surface area contributed by atoms with Crippen molar-refractivity contribution in [2.75, 3.05) is 0 Å². The molecule has 0 saturated carbocycles. The molecular formula is AlNaO6S4. The Labute approximate surface area is 113 Å². The Morgan fingerprint density at radius 1 is 0.833 bits per heavy atom. The van der Waals surface area contributed by atoms with Crippen LogP contribution in [0.3, 0.4) is 0 Å². The summed E-state index contributed by atoms with van der Waals surface area (Å²) >= 11 is 6.49. The van der Waals surface area contributed by atoms with Crippen molar-refractivity contribution in [1.82, 2.24) is 0 Å². The van der Waals surface area contributed by atoms with E-state index >= 15 is 0 Å². The summed E-state index contributed by atoms with van der Waals surface area (Å²) in [6.45, 7) is 0. The summed E-state index contributed by atoms with van der Waals surface area (Å²) in [5.74, 6) is 0. The van der Waals surface area contributed by atoms with Gasteiger partial charge in [-0.15, -0.1) is 18.1 Å². The largest absolute Gasteiger partial charge is 3.00 e. The molecule has 12 heavy (non-hydrogen) atoms. The average molecular weight is 274 g/mol. The van der Waals surface area contributed by atoms with Gasteiger partial charge in [-0.05, 0) is 22.4 Å². The Hall–Kier alpha value is 2.11. The van der Waals surface area contributed by atoms with Gasteiger partial charge in [0.25, 0.3) is 0 Å². The van der Waals surface area contributed by atoms with E-state index in [4.69, 9.17) is 26.6 Å². The van der Waals surface area contributed by atoms with Crippen molar-refractivity contribution in [1.29, 1.82) is 0 Å². The van der Waals surface area contributed by atoms with Crippen LogP contribution in [0.1, 0.15) is 0 Å². The standard InChI is InChI=1S/Al.Na.2H2O3S2/c;;2*1-5(2,3)4/h;;2*(H2,1,2,3,4)/q+3;+1;;/p-4. The van der Waals surface area contributed by atoms with Crippen molar-refractivity contribution < 1.29 is 56.2 Å². The predicted octanol–water partition coefficient (Wildman–Crippen LogP) is -5.39. The van der Waals surface area contributed by atoms with Gasteiger partial charge in [-0.3, -0.25) is 8.42 Å². The second kappa shape index (κ2) is 9.66. The van der Waals surface area contributed by atoms with E-state index in [0.717, 1.165) is 0 Å². The fraction of sp³-hybridized carbons (Fsp3) is 0. The molecule has 0 unspecified atom stereocenters. The topological polar surface area (TPSA) is 126 Å². The summed E-state index contributed by atoms with van der Waals surface area (Å²) in [4.78, 5) is 0. The monoisotopic (exact) mass is 274 g/mol. The zero-order valence-electron chi connectivity index (χ0n) is 5.66. The first-order valence-electron chi connectivity index (χ1n) is 1.33. The fourth-order valence-electron chi connectivity index (χ4n) is 0. The van der Waals surface area contributed by atoms with Crippen molar-refractivity contribution in [3.05, 3.63) is 0 Å². The van der Waals surface area contributed by atoms with E-state index < -0.39 is 18.1 Å². The maximum atomic E-state index is 8.89. The van der Waals surface area contributed by atoms with Gasteiger partial charge in [0.1, 0.15) is 0 Å². The Bertz CT molecular complexity index is 216. The zero-order chi connectivity index (χ0) is 9.00. The summed E-state index contributed by atoms with van der Waals surface area (Å²) in [6.07, 6.45) is 0. The maximum absolute atomic E-state index is 8.89. The number of rotatable bonds is 0. The van der Waals surface area contributed by atoms with Crippen LogP contribution in [0.2, 0.25) is 0 Å². The summed E-state index contributed by atoms with van der Waals surface area (Å²) in [5.41, 5.74) is 0. The minimum atomic E-state index is -4.33. The van der Waals surface area contributed by atoms with E-state index in [1.807, 2.05) is 0 Å². The van der Waals surface area contributed by atoms with E-state index in [0.29, 0.717) is 0 Å². The van der Waals surface area contributed by atoms with Gasteiger partial charge >= 0.3 is 46.9 Å². The summed E-state index contributed by atoms with van der Waals surface area (Å²) in [6, 6.07) is 0. The van der Waals surface area contributed by atoms with Gasteiger partial charge in [-0.2, -0.15) is 0 Å². The van der Waals surface area contributed by atoms with Crippen molar-refractivity contribution in [3.63, 3.8) is 0 Å². The zero-order valence-corrected chi connectivity index (χ0v) is 12.1. The molecule has 0 aromatic heterocycles. The van der Waals surface area contributed by atoms with Crippen LogP contribution in [0.25, 0.3) is 0 Å². The summed E-state index contributed by atoms with van der Waals surface area (Å²) in [7, 11) is -8.67. The third-order valence-corrected chi connectivity index (χ3v) is 0. The van der Waals surface area contributed by atoms with Gasteiger partial charge in [0, 0.05) is 0 Å². The van der Waals surface area contributed by atoms with Crippen LogP contribution in [0.5, 0.6) is 0 Å². The molecule has 0 aromatic rings. The maximum Gasteiger partial charge on any atom is 3.00 e. The Balaban J connectivity index is -0.0000000457. The molecule has 0 spiro atoms. The van der Waals surface area contributed by atoms with E-state index in [1.54, 1.807) is 0 Å². The van der Waals surface area contributed by atoms with Crippen molar-refractivity contribution in [2.45, 2.75) is 0 Å². The van der Waals surface area contributed by atoms with Gasteiger partial charge in [-0.25, -0.2) is 0 Å². The van der Waals surface area contributed by atoms with Crippen LogP contribution in [0.15, 0.2) is 0 Å². The summed E-state index contributed by atoms with van der Waals surface area (Å²) < 4.78 is 53.3. The fourth-order valence-corrected chi connectivity index (χ4v) is 0. The first kappa shape index (κ1) is 23.7. The molecular weight excluding hydrogens is 274 g/mol. The first-order valence-corrected chi connectivity index (χ1v) is 6.00. The number of hydrogen-bond donors (Lipinski definition) is 0. The van der Waals surface area contributed by atoms with Crippen LogP contribution in [-0.4, -0.2) is 44.0 Å². The second-order valence-corrected chi connectivity index (χ2v) is 4.90. The molecule has 6 nitrogen and oxygen atoms in total. The van der Waals surface area contributed by atoms with Crippen molar-refractivity contribution in [2.24, 2.45) is 0 Å². The molecule has 0 aliphatic rings. The Morgan fingerprint density at radius 2 is 0.833 bits per heavy atom. The first-order chi connectivity index (χ1) is 4.00. The molecule has 0 aromatic carbocycles. The number of hydrogen-bond acceptors (Lipinski definition) is 8. The minimum absolute atomic E-state index is 0. The van der Waals surface area contributed by atoms with Crippen LogP contribution in [0.4, 0.5) is 0 Å². The van der Waals surface area contributed by atoms with Crippen LogP contribution in [-0.2, 0) is 40.5 Å². The van der Waals surface area contributed by atoms with Crippen LogP contribution < -0.4 is 29.6 Å². The SMILES string of the molecule is O=S([O-])([O-])=S.O=S([O-])([O-])=S.[Al+3].[Na+]. The Morgan fingerprint density at radius 3 is 0.833 bits per heavy atom. The quantitative estimate of drug-likeness (QED) is 0.401. The van der Waals surface area contributed by atoms with E-state index in [1.165, 1.54) is 0 Å². The van der Waals surface area contributed by atoms with E-state index in [2.05, 4.69) is 22.4 Å². The normalized spacial score (nSPS) is 9.67. The van der Waals surface area contributed by atoms with E-state index in [9.17, 15) is 0 Å². The molecule has 12 heteroatoms. The van der Waals surface area contributed by atoms with E-state index in [-0.39, 0.29) is 46.9 Å². The molecule has 0 radical (unpaired) electrons. The summed E-state index contributed by atoms with van der Waals surface area (Å²) in [5, 5.41) is 0. The molecule has 0 saturated heterocycles. The predicted molar refractivity (Wildman–Crippen MR) is 39.9 cm³/mol. The van der Waals surface area contributed by atoms with Crippen LogP contribution >= 0.6 is 0 Å². The molecule has 0 N–H and O–H groups in total. The molecule has 0 amide bonds. The average Bonchev–Trinajstić information content (AvgIpc) is 1.12. The van der Waals surface area contributed by atoms with Gasteiger partial charge in [-0.1, -0.05) is 0 Å². The smallest absolute Gasteiger partial charge is 0.780 e. The van der Waals surface area contributed by atoms with Crippen molar-refractivity contribution >= 4 is 57.8 Å².